The number of benzene rings is 1. The molecule has 4 N–H and O–H groups in total. The molecule has 2 saturated carbocycles. The molecule has 3 heterocycles. The molecule has 3 aliphatic heterocycles. The van der Waals surface area contributed by atoms with Gasteiger partial charge < -0.3 is 34.6 Å². The largest absolute Gasteiger partial charge is 0.506 e. The number of fused-ring (bicyclic) bond motifs is 3. The average Bonchev–Trinajstić information content (AvgIpc) is 3.17. The summed E-state index contributed by atoms with van der Waals surface area (Å²) < 4.78 is 19.9. The predicted molar refractivity (Wildman–Crippen MR) is 156 cm³/mol. The summed E-state index contributed by atoms with van der Waals surface area (Å²) >= 11 is 0. The Kier molecular flexibility index (Phi) is 5.59. The molecule has 1 aromatic rings. The highest BCUT2D eigenvalue weighted by molar-refractivity contribution is 6.20. The molecule has 234 valence electrons. The van der Waals surface area contributed by atoms with Gasteiger partial charge in [-0.15, -0.1) is 0 Å². The lowest BCUT2D eigenvalue weighted by atomic mass is 9.74. The van der Waals surface area contributed by atoms with Gasteiger partial charge in [0.25, 0.3) is 0 Å². The number of carboxylic acids is 1. The van der Waals surface area contributed by atoms with E-state index in [1.165, 1.54) is 26.8 Å². The van der Waals surface area contributed by atoms with Gasteiger partial charge in [-0.1, -0.05) is 12.2 Å². The van der Waals surface area contributed by atoms with Crippen molar-refractivity contribution >= 4 is 23.6 Å². The number of allylic oxidation sites excluding steroid dienone is 1. The number of carbonyl (C=O) groups is 3. The summed E-state index contributed by atoms with van der Waals surface area (Å²) in [5.41, 5.74) is -6.21. The molecule has 10 nitrogen and oxygen atoms in total. The fourth-order valence-electron chi connectivity index (χ4n) is 8.99. The van der Waals surface area contributed by atoms with Gasteiger partial charge in [0.2, 0.25) is 0 Å². The number of phenols is 1. The Morgan fingerprint density at radius 3 is 2.55 bits per heavy atom. The molecule has 0 radical (unpaired) electrons. The Morgan fingerprint density at radius 1 is 1.18 bits per heavy atom. The molecule has 0 aromatic heterocycles. The fourth-order valence-corrected chi connectivity index (χ4v) is 8.99. The van der Waals surface area contributed by atoms with Crippen molar-refractivity contribution in [2.45, 2.75) is 101 Å². The van der Waals surface area contributed by atoms with Crippen molar-refractivity contribution in [2.24, 2.45) is 17.3 Å². The number of ketones is 2. The highest BCUT2D eigenvalue weighted by Crippen LogP contribution is 2.88. The van der Waals surface area contributed by atoms with Crippen LogP contribution in [0.4, 0.5) is 0 Å². The molecular weight excluding hydrogens is 568 g/mol. The summed E-state index contributed by atoms with van der Waals surface area (Å²) in [6, 6.07) is 1.56. The van der Waals surface area contributed by atoms with Crippen molar-refractivity contribution in [2.75, 3.05) is 0 Å². The molecule has 10 heteroatoms. The van der Waals surface area contributed by atoms with Crippen molar-refractivity contribution in [3.8, 4) is 17.2 Å². The van der Waals surface area contributed by atoms with Crippen molar-refractivity contribution in [1.82, 2.24) is 0 Å². The molecule has 6 aliphatic rings. The van der Waals surface area contributed by atoms with Crippen LogP contribution in [0.5, 0.6) is 17.2 Å². The zero-order valence-electron chi connectivity index (χ0n) is 25.7. The quantitative estimate of drug-likeness (QED) is 0.335. The van der Waals surface area contributed by atoms with Gasteiger partial charge >= 0.3 is 5.97 Å². The van der Waals surface area contributed by atoms with Gasteiger partial charge in [-0.05, 0) is 73.0 Å². The molecule has 3 fully saturated rings. The second-order valence-corrected chi connectivity index (χ2v) is 14.7. The molecule has 7 rings (SSSR count). The van der Waals surface area contributed by atoms with Gasteiger partial charge in [-0.3, -0.25) is 9.59 Å². The average molecular weight is 607 g/mol. The molecule has 7 atom stereocenters. The SMILES string of the molecule is C/C(=C/CC12OC(C)(C)C3CC4C=C5C(=O)c6c(cc7c(c6O)C=CC(C)(CCC(O)C(C)(C)O)O7)OC51C32C4=O)C(=O)O. The maximum Gasteiger partial charge on any atom is 0.330 e. The minimum absolute atomic E-state index is 0.0201. The number of hydrogen-bond acceptors (Lipinski definition) is 9. The topological polar surface area (TPSA) is 160 Å². The Morgan fingerprint density at radius 2 is 1.89 bits per heavy atom. The highest BCUT2D eigenvalue weighted by atomic mass is 16.6. The lowest BCUT2D eigenvalue weighted by Crippen LogP contribution is -2.50. The maximum absolute atomic E-state index is 14.3. The number of ether oxygens (including phenoxy) is 3. The Bertz CT molecular complexity index is 1660. The van der Waals surface area contributed by atoms with Gasteiger partial charge in [0, 0.05) is 35.5 Å². The maximum atomic E-state index is 14.3. The number of phenolic OH excluding ortho intramolecular Hbond substituents is 1. The zero-order valence-corrected chi connectivity index (χ0v) is 25.7. The predicted octanol–water partition coefficient (Wildman–Crippen LogP) is 3.90. The number of carboxylic acid groups (broad SMARTS) is 1. The number of hydrogen-bond donors (Lipinski definition) is 4. The summed E-state index contributed by atoms with van der Waals surface area (Å²) in [6.07, 6.45) is 6.80. The smallest absolute Gasteiger partial charge is 0.330 e. The third-order valence-electron chi connectivity index (χ3n) is 11.2. The number of aromatic hydroxyl groups is 1. The van der Waals surface area contributed by atoms with E-state index in [9.17, 15) is 34.8 Å². The van der Waals surface area contributed by atoms with E-state index in [2.05, 4.69) is 0 Å². The summed E-state index contributed by atoms with van der Waals surface area (Å²) in [6.45, 7) is 10.2. The van der Waals surface area contributed by atoms with Crippen LogP contribution in [0.1, 0.15) is 83.1 Å². The van der Waals surface area contributed by atoms with E-state index in [4.69, 9.17) is 14.2 Å². The fraction of sp³-hybridized carbons (Fsp3) is 0.559. The van der Waals surface area contributed by atoms with E-state index in [0.29, 0.717) is 18.4 Å². The van der Waals surface area contributed by atoms with Crippen molar-refractivity contribution in [3.63, 3.8) is 0 Å². The van der Waals surface area contributed by atoms with E-state index >= 15 is 0 Å². The van der Waals surface area contributed by atoms with E-state index in [0.717, 1.165) is 0 Å². The number of rotatable bonds is 7. The molecule has 7 unspecified atom stereocenters. The van der Waals surface area contributed by atoms with Crippen LogP contribution in [0.25, 0.3) is 6.08 Å². The molecule has 3 aliphatic carbocycles. The van der Waals surface area contributed by atoms with Crippen LogP contribution >= 0.6 is 0 Å². The minimum atomic E-state index is -1.48. The van der Waals surface area contributed by atoms with Gasteiger partial charge in [0.15, 0.2) is 17.2 Å². The number of aliphatic hydroxyl groups is 2. The lowest BCUT2D eigenvalue weighted by Gasteiger charge is -2.41. The molecule has 2 spiro atoms. The normalized spacial score (nSPS) is 37.6. The third kappa shape index (κ3) is 3.23. The second kappa shape index (κ2) is 8.41. The third-order valence-corrected chi connectivity index (χ3v) is 11.2. The number of aliphatic carboxylic acids is 1. The van der Waals surface area contributed by atoms with Gasteiger partial charge in [0.05, 0.1) is 22.9 Å². The van der Waals surface area contributed by atoms with Crippen LogP contribution in [0, 0.1) is 17.3 Å². The summed E-state index contributed by atoms with van der Waals surface area (Å²) in [5, 5.41) is 41.6. The number of Topliss-reactive ketones (excluding diaryl/α,β-unsaturated/α-hetero) is 2. The Balaban J connectivity index is 1.33. The molecule has 2 bridgehead atoms. The summed E-state index contributed by atoms with van der Waals surface area (Å²) in [4.78, 5) is 40.2. The molecule has 1 saturated heterocycles. The van der Waals surface area contributed by atoms with Gasteiger partial charge in [0.1, 0.15) is 39.4 Å². The Hall–Kier alpha value is -3.47. The van der Waals surface area contributed by atoms with Crippen LogP contribution in [0.2, 0.25) is 0 Å². The van der Waals surface area contributed by atoms with Crippen LogP contribution in [0.15, 0.2) is 35.4 Å². The first-order valence-electron chi connectivity index (χ1n) is 15.2. The second-order valence-electron chi connectivity index (χ2n) is 14.7. The van der Waals surface area contributed by atoms with Crippen LogP contribution < -0.4 is 9.47 Å². The van der Waals surface area contributed by atoms with E-state index in [-0.39, 0.29) is 58.5 Å². The standard InChI is InChI=1S/C34H38O10/c1-16(28(39)40)7-12-32-33-22(30(4,5)44-32)14-17(27(33)38)13-19-26(37)24-21(43-34(19,32)33)15-20-18(25(24)36)8-10-31(6,42-20)11-9-23(35)29(2,3)41/h7-8,10,13,15,17,22-23,35-36,41H,9,11-12,14H2,1-6H3,(H,39,40)/b16-7-. The first kappa shape index (κ1) is 29.3. The van der Waals surface area contributed by atoms with E-state index in [1.807, 2.05) is 20.8 Å². The van der Waals surface area contributed by atoms with Gasteiger partial charge in [-0.25, -0.2) is 4.79 Å². The lowest BCUT2D eigenvalue weighted by molar-refractivity contribution is -0.132. The van der Waals surface area contributed by atoms with Crippen molar-refractivity contribution in [3.05, 3.63) is 46.6 Å². The molecule has 44 heavy (non-hydrogen) atoms. The van der Waals surface area contributed by atoms with Gasteiger partial charge in [-0.2, -0.15) is 0 Å². The summed E-state index contributed by atoms with van der Waals surface area (Å²) in [5.74, 6) is -2.34. The number of aliphatic hydroxyl groups excluding tert-OH is 1. The summed E-state index contributed by atoms with van der Waals surface area (Å²) in [7, 11) is 0. The number of carbonyl (C=O) groups excluding carboxylic acids is 2. The van der Waals surface area contributed by atoms with Crippen LogP contribution in [-0.2, 0) is 14.3 Å². The first-order valence-corrected chi connectivity index (χ1v) is 15.2. The minimum Gasteiger partial charge on any atom is -0.506 e. The molecular formula is C34H38O10. The molecule has 1 aromatic carbocycles. The van der Waals surface area contributed by atoms with E-state index in [1.54, 1.807) is 24.3 Å². The van der Waals surface area contributed by atoms with E-state index < -0.39 is 57.2 Å². The first-order chi connectivity index (χ1) is 20.4. The van der Waals surface area contributed by atoms with Crippen molar-refractivity contribution < 1.29 is 49.0 Å². The highest BCUT2D eigenvalue weighted by Gasteiger charge is 3.04. The molecule has 0 amide bonds. The van der Waals surface area contributed by atoms with Crippen LogP contribution in [0.3, 0.4) is 0 Å². The zero-order chi connectivity index (χ0) is 32.0. The Labute approximate surface area is 255 Å². The van der Waals surface area contributed by atoms with Crippen molar-refractivity contribution in [1.29, 1.82) is 0 Å². The van der Waals surface area contributed by atoms with Crippen LogP contribution in [-0.4, -0.2) is 72.1 Å². The monoisotopic (exact) mass is 606 g/mol.